The highest BCUT2D eigenvalue weighted by atomic mass is 16.6. The van der Waals surface area contributed by atoms with Gasteiger partial charge in [-0.1, -0.05) is 26.0 Å². The number of amides is 2. The minimum Gasteiger partial charge on any atom is -0.444 e. The van der Waals surface area contributed by atoms with Crippen LogP contribution < -0.4 is 0 Å². The summed E-state index contributed by atoms with van der Waals surface area (Å²) in [5.41, 5.74) is 3.50. The second kappa shape index (κ2) is 8.77. The Morgan fingerprint density at radius 3 is 2.29 bits per heavy atom. The largest absolute Gasteiger partial charge is 0.444 e. The molecular formula is C25H35N3O3. The number of aromatic nitrogens is 1. The van der Waals surface area contributed by atoms with Gasteiger partial charge < -0.3 is 19.1 Å². The lowest BCUT2D eigenvalue weighted by atomic mass is 10.0. The molecule has 0 saturated carbocycles. The molecule has 0 spiro atoms. The highest BCUT2D eigenvalue weighted by Gasteiger charge is 2.30. The van der Waals surface area contributed by atoms with Crippen LogP contribution in [0.1, 0.15) is 62.2 Å². The minimum absolute atomic E-state index is 0.00508. The van der Waals surface area contributed by atoms with Crippen LogP contribution in [0.25, 0.3) is 10.9 Å². The van der Waals surface area contributed by atoms with Crippen molar-refractivity contribution < 1.29 is 14.3 Å². The van der Waals surface area contributed by atoms with Crippen LogP contribution in [-0.2, 0) is 11.3 Å². The van der Waals surface area contributed by atoms with E-state index in [1.165, 1.54) is 5.56 Å². The molecular weight excluding hydrogens is 390 g/mol. The number of rotatable bonds is 4. The lowest BCUT2D eigenvalue weighted by Crippen LogP contribution is -2.52. The molecule has 1 fully saturated rings. The number of carbonyl (C=O) groups excluding carboxylic acids is 2. The van der Waals surface area contributed by atoms with Gasteiger partial charge in [0.15, 0.2) is 0 Å². The van der Waals surface area contributed by atoms with Crippen LogP contribution in [0, 0.1) is 6.92 Å². The average Bonchev–Trinajstić information content (AvgIpc) is 2.98. The van der Waals surface area contributed by atoms with E-state index in [2.05, 4.69) is 43.2 Å². The van der Waals surface area contributed by atoms with Crippen molar-refractivity contribution in [2.45, 2.75) is 59.6 Å². The molecule has 0 N–H and O–H groups in total. The first-order chi connectivity index (χ1) is 14.5. The maximum absolute atomic E-state index is 13.5. The molecule has 2 heterocycles. The maximum atomic E-state index is 13.5. The summed E-state index contributed by atoms with van der Waals surface area (Å²) in [7, 11) is 0. The zero-order valence-corrected chi connectivity index (χ0v) is 19.7. The van der Waals surface area contributed by atoms with Gasteiger partial charge >= 0.3 is 6.09 Å². The maximum Gasteiger partial charge on any atom is 0.410 e. The summed E-state index contributed by atoms with van der Waals surface area (Å²) in [5, 5.41) is 1.11. The van der Waals surface area contributed by atoms with Gasteiger partial charge in [-0.3, -0.25) is 4.79 Å². The lowest BCUT2D eigenvalue weighted by molar-refractivity contribution is 0.0139. The van der Waals surface area contributed by atoms with Gasteiger partial charge in [-0.2, -0.15) is 0 Å². The SMILES string of the molecule is C=CCn1c(C(=O)N2CCN(C(=O)OC(C)(C)C)CC2)c(C)c2cc(C(C)C)ccc21. The van der Waals surface area contributed by atoms with E-state index in [0.717, 1.165) is 16.5 Å². The average molecular weight is 426 g/mol. The molecule has 1 aliphatic rings. The van der Waals surface area contributed by atoms with Crippen LogP contribution in [0.3, 0.4) is 0 Å². The number of piperazine rings is 1. The number of carbonyl (C=O) groups is 2. The second-order valence-corrected chi connectivity index (χ2v) is 9.56. The lowest BCUT2D eigenvalue weighted by Gasteiger charge is -2.35. The Kier molecular flexibility index (Phi) is 6.48. The summed E-state index contributed by atoms with van der Waals surface area (Å²) >= 11 is 0. The summed E-state index contributed by atoms with van der Waals surface area (Å²) < 4.78 is 7.53. The molecule has 0 aliphatic carbocycles. The zero-order chi connectivity index (χ0) is 22.9. The van der Waals surface area contributed by atoms with E-state index in [1.54, 1.807) is 4.90 Å². The van der Waals surface area contributed by atoms with E-state index in [-0.39, 0.29) is 12.0 Å². The van der Waals surface area contributed by atoms with E-state index in [4.69, 9.17) is 4.74 Å². The van der Waals surface area contributed by atoms with Crippen LogP contribution in [0.4, 0.5) is 4.79 Å². The minimum atomic E-state index is -0.526. The predicted octanol–water partition coefficient (Wildman–Crippen LogP) is 4.95. The molecule has 6 nitrogen and oxygen atoms in total. The summed E-state index contributed by atoms with van der Waals surface area (Å²) in [6.07, 6.45) is 1.50. The highest BCUT2D eigenvalue weighted by molar-refractivity contribution is 6.02. The summed E-state index contributed by atoms with van der Waals surface area (Å²) in [5.74, 6) is 0.428. The van der Waals surface area contributed by atoms with Crippen molar-refractivity contribution in [2.75, 3.05) is 26.2 Å². The van der Waals surface area contributed by atoms with E-state index < -0.39 is 5.60 Å². The molecule has 3 rings (SSSR count). The molecule has 1 aromatic carbocycles. The third-order valence-corrected chi connectivity index (χ3v) is 5.74. The number of ether oxygens (including phenoxy) is 1. The van der Waals surface area contributed by atoms with E-state index in [9.17, 15) is 9.59 Å². The van der Waals surface area contributed by atoms with Crippen molar-refractivity contribution >= 4 is 22.9 Å². The molecule has 1 aromatic heterocycles. The summed E-state index contributed by atoms with van der Waals surface area (Å²) in [6.45, 7) is 18.3. The monoisotopic (exact) mass is 425 g/mol. The van der Waals surface area contributed by atoms with Crippen LogP contribution in [0.5, 0.6) is 0 Å². The number of fused-ring (bicyclic) bond motifs is 1. The van der Waals surface area contributed by atoms with Crippen LogP contribution in [-0.4, -0.2) is 58.1 Å². The number of hydrogen-bond acceptors (Lipinski definition) is 3. The standard InChI is InChI=1S/C25H35N3O3/c1-8-11-28-21-10-9-19(17(2)3)16-20(21)18(4)22(28)23(29)26-12-14-27(15-13-26)24(30)31-25(5,6)7/h8-10,16-17H,1,11-15H2,2-7H3. The van der Waals surface area contributed by atoms with Crippen molar-refractivity contribution in [3.05, 3.63) is 47.7 Å². The van der Waals surface area contributed by atoms with Crippen LogP contribution in [0.2, 0.25) is 0 Å². The first-order valence-corrected chi connectivity index (χ1v) is 11.0. The van der Waals surface area contributed by atoms with Gasteiger partial charge in [0.25, 0.3) is 5.91 Å². The predicted molar refractivity (Wildman–Crippen MR) is 125 cm³/mol. The Bertz CT molecular complexity index is 990. The highest BCUT2D eigenvalue weighted by Crippen LogP contribution is 2.30. The smallest absolute Gasteiger partial charge is 0.410 e. The second-order valence-electron chi connectivity index (χ2n) is 9.56. The van der Waals surface area contributed by atoms with Crippen molar-refractivity contribution in [1.82, 2.24) is 14.4 Å². The third kappa shape index (κ3) is 4.78. The summed E-state index contributed by atoms with van der Waals surface area (Å²) in [6, 6.07) is 6.45. The molecule has 0 bridgehead atoms. The normalized spacial score (nSPS) is 14.9. The van der Waals surface area contributed by atoms with Gasteiger partial charge in [0.2, 0.25) is 0 Å². The van der Waals surface area contributed by atoms with E-state index in [0.29, 0.717) is 44.3 Å². The fourth-order valence-electron chi connectivity index (χ4n) is 4.06. The van der Waals surface area contributed by atoms with Crippen LogP contribution in [0.15, 0.2) is 30.9 Å². The van der Waals surface area contributed by atoms with E-state index in [1.807, 2.05) is 38.7 Å². The fraction of sp³-hybridized carbons (Fsp3) is 0.520. The number of aryl methyl sites for hydroxylation is 1. The Balaban J connectivity index is 1.85. The molecule has 6 heteroatoms. The van der Waals surface area contributed by atoms with Gasteiger partial charge in [-0.15, -0.1) is 6.58 Å². The van der Waals surface area contributed by atoms with Gasteiger partial charge in [0, 0.05) is 43.6 Å². The topological polar surface area (TPSA) is 54.8 Å². The van der Waals surface area contributed by atoms with Crippen LogP contribution >= 0.6 is 0 Å². The molecule has 1 saturated heterocycles. The Labute approximate surface area is 185 Å². The first-order valence-electron chi connectivity index (χ1n) is 11.0. The molecule has 0 atom stereocenters. The third-order valence-electron chi connectivity index (χ3n) is 5.74. The van der Waals surface area contributed by atoms with Crippen molar-refractivity contribution in [3.63, 3.8) is 0 Å². The zero-order valence-electron chi connectivity index (χ0n) is 19.7. The number of allylic oxidation sites excluding steroid dienone is 1. The molecule has 168 valence electrons. The van der Waals surface area contributed by atoms with Gasteiger partial charge in [0.05, 0.1) is 0 Å². The summed E-state index contributed by atoms with van der Waals surface area (Å²) in [4.78, 5) is 29.4. The Hall–Kier alpha value is -2.76. The molecule has 31 heavy (non-hydrogen) atoms. The van der Waals surface area contributed by atoms with Crippen molar-refractivity contribution in [2.24, 2.45) is 0 Å². The Morgan fingerprint density at radius 2 is 1.74 bits per heavy atom. The quantitative estimate of drug-likeness (QED) is 0.651. The van der Waals surface area contributed by atoms with E-state index >= 15 is 0 Å². The van der Waals surface area contributed by atoms with Gasteiger partial charge in [-0.05, 0) is 56.9 Å². The fourth-order valence-corrected chi connectivity index (χ4v) is 4.06. The molecule has 1 aliphatic heterocycles. The van der Waals surface area contributed by atoms with Crippen molar-refractivity contribution in [3.8, 4) is 0 Å². The number of hydrogen-bond donors (Lipinski definition) is 0. The molecule has 2 aromatic rings. The van der Waals surface area contributed by atoms with Gasteiger partial charge in [0.1, 0.15) is 11.3 Å². The Morgan fingerprint density at radius 1 is 1.13 bits per heavy atom. The molecule has 2 amide bonds. The first kappa shape index (κ1) is 22.9. The van der Waals surface area contributed by atoms with Crippen molar-refractivity contribution in [1.29, 1.82) is 0 Å². The number of benzene rings is 1. The van der Waals surface area contributed by atoms with Gasteiger partial charge in [-0.25, -0.2) is 4.79 Å². The molecule has 0 unspecified atom stereocenters. The molecule has 0 radical (unpaired) electrons. The number of nitrogens with zero attached hydrogens (tertiary/aromatic N) is 3.